The molecule has 132 valence electrons. The second kappa shape index (κ2) is 7.49. The number of methoxy groups -OCH3 is 1. The van der Waals surface area contributed by atoms with Crippen LogP contribution in [-0.2, 0) is 0 Å². The van der Waals surface area contributed by atoms with E-state index >= 15 is 0 Å². The first kappa shape index (κ1) is 17.8. The van der Waals surface area contributed by atoms with Crippen molar-refractivity contribution in [3.05, 3.63) is 65.4 Å². The van der Waals surface area contributed by atoms with Crippen molar-refractivity contribution in [2.45, 2.75) is 13.8 Å². The summed E-state index contributed by atoms with van der Waals surface area (Å²) in [6.07, 6.45) is 0. The van der Waals surface area contributed by atoms with Crippen molar-refractivity contribution in [1.29, 1.82) is 0 Å². The van der Waals surface area contributed by atoms with Gasteiger partial charge < -0.3 is 10.1 Å². The van der Waals surface area contributed by atoms with Crippen molar-refractivity contribution in [2.24, 2.45) is 0 Å². The van der Waals surface area contributed by atoms with Gasteiger partial charge in [0.15, 0.2) is 5.11 Å². The summed E-state index contributed by atoms with van der Waals surface area (Å²) < 4.78 is 5.22. The number of hydrogen-bond donors (Lipinski definition) is 2. The summed E-state index contributed by atoms with van der Waals surface area (Å²) in [5.41, 5.74) is 4.05. The number of nitrogens with one attached hydrogen (secondary N) is 2. The number of para-hydroxylation sites is 2. The molecule has 0 spiro atoms. The van der Waals surface area contributed by atoms with Gasteiger partial charge in [-0.15, -0.1) is 0 Å². The highest BCUT2D eigenvalue weighted by Gasteiger charge is 2.14. The highest BCUT2D eigenvalue weighted by molar-refractivity contribution is 7.80. The lowest BCUT2D eigenvalue weighted by atomic mass is 10.1. The van der Waals surface area contributed by atoms with E-state index in [1.165, 1.54) is 7.11 Å². The molecule has 26 heavy (non-hydrogen) atoms. The van der Waals surface area contributed by atoms with Crippen molar-refractivity contribution in [3.63, 3.8) is 0 Å². The molecule has 1 aromatic heterocycles. The van der Waals surface area contributed by atoms with Crippen molar-refractivity contribution in [3.8, 4) is 5.75 Å². The highest BCUT2D eigenvalue weighted by Crippen LogP contribution is 2.25. The molecule has 5 nitrogen and oxygen atoms in total. The topological polar surface area (TPSA) is 63.2 Å². The summed E-state index contributed by atoms with van der Waals surface area (Å²) in [7, 11) is 1.52. The summed E-state index contributed by atoms with van der Waals surface area (Å²) in [5.74, 6) is 0.159. The van der Waals surface area contributed by atoms with Crippen LogP contribution in [0.5, 0.6) is 5.75 Å². The quantitative estimate of drug-likeness (QED) is 0.687. The first-order valence-corrected chi connectivity index (χ1v) is 8.52. The zero-order valence-corrected chi connectivity index (χ0v) is 15.6. The normalized spacial score (nSPS) is 10.4. The summed E-state index contributed by atoms with van der Waals surface area (Å²) in [5, 5.41) is 7.00. The molecule has 0 atom stereocenters. The molecule has 3 aromatic rings. The van der Waals surface area contributed by atoms with E-state index in [9.17, 15) is 4.79 Å². The Balaban J connectivity index is 1.83. The van der Waals surface area contributed by atoms with Crippen molar-refractivity contribution in [2.75, 3.05) is 12.4 Å². The van der Waals surface area contributed by atoms with Gasteiger partial charge in [-0.25, -0.2) is 0 Å². The van der Waals surface area contributed by atoms with Gasteiger partial charge in [0.25, 0.3) is 5.91 Å². The van der Waals surface area contributed by atoms with E-state index in [2.05, 4.69) is 15.6 Å². The fraction of sp³-hybridized carbons (Fsp3) is 0.150. The van der Waals surface area contributed by atoms with Crippen LogP contribution in [0.25, 0.3) is 10.9 Å². The van der Waals surface area contributed by atoms with Crippen LogP contribution in [0.1, 0.15) is 21.6 Å². The number of aryl methyl sites for hydroxylation is 2. The molecule has 0 fully saturated rings. The second-order valence-corrected chi connectivity index (χ2v) is 6.30. The van der Waals surface area contributed by atoms with Gasteiger partial charge in [-0.05, 0) is 55.9 Å². The molecule has 0 bridgehead atoms. The number of hydrogen-bond acceptors (Lipinski definition) is 4. The first-order chi connectivity index (χ1) is 12.5. The maximum absolute atomic E-state index is 12.5. The van der Waals surface area contributed by atoms with E-state index < -0.39 is 0 Å². The average molecular weight is 365 g/mol. The maximum Gasteiger partial charge on any atom is 0.261 e. The molecule has 0 radical (unpaired) electrons. The largest absolute Gasteiger partial charge is 0.496 e. The van der Waals surface area contributed by atoms with E-state index in [1.54, 1.807) is 24.3 Å². The summed E-state index contributed by atoms with van der Waals surface area (Å²) >= 11 is 5.31. The number of carbonyl (C=O) groups excluding carboxylic acids is 1. The number of rotatable bonds is 3. The molecule has 0 aliphatic carbocycles. The zero-order valence-electron chi connectivity index (χ0n) is 14.8. The van der Waals surface area contributed by atoms with Crippen LogP contribution >= 0.6 is 12.2 Å². The van der Waals surface area contributed by atoms with Crippen molar-refractivity contribution < 1.29 is 9.53 Å². The molecular weight excluding hydrogens is 346 g/mol. The van der Waals surface area contributed by atoms with E-state index in [0.29, 0.717) is 11.3 Å². The first-order valence-electron chi connectivity index (χ1n) is 8.12. The van der Waals surface area contributed by atoms with E-state index in [4.69, 9.17) is 17.0 Å². The summed E-state index contributed by atoms with van der Waals surface area (Å²) in [6, 6.07) is 14.9. The number of thiocarbonyl (C=S) groups is 1. The number of ether oxygens (including phenoxy) is 1. The smallest absolute Gasteiger partial charge is 0.261 e. The van der Waals surface area contributed by atoms with Gasteiger partial charge in [0.1, 0.15) is 5.75 Å². The van der Waals surface area contributed by atoms with Crippen LogP contribution in [-0.4, -0.2) is 23.1 Å². The van der Waals surface area contributed by atoms with E-state index in [0.717, 1.165) is 27.8 Å². The Labute approximate surface area is 157 Å². The lowest BCUT2D eigenvalue weighted by Crippen LogP contribution is -2.34. The Morgan fingerprint density at radius 1 is 1.12 bits per heavy atom. The van der Waals surface area contributed by atoms with Crippen LogP contribution in [0.15, 0.2) is 48.5 Å². The molecule has 2 N–H and O–H groups in total. The Morgan fingerprint density at radius 3 is 2.65 bits per heavy atom. The molecule has 0 aliphatic heterocycles. The molecule has 6 heteroatoms. The SMILES string of the molecule is COc1ccccc1C(=O)NC(=S)Nc1cccc2c(C)cc(C)nc12. The number of nitrogens with zero attached hydrogens (tertiary/aromatic N) is 1. The monoisotopic (exact) mass is 365 g/mol. The third-order valence-corrected chi connectivity index (χ3v) is 4.21. The van der Waals surface area contributed by atoms with Crippen LogP contribution in [0.2, 0.25) is 0 Å². The van der Waals surface area contributed by atoms with Crippen LogP contribution in [0, 0.1) is 13.8 Å². The van der Waals surface area contributed by atoms with Gasteiger partial charge in [-0.3, -0.25) is 15.1 Å². The molecular formula is C20H19N3O2S. The minimum Gasteiger partial charge on any atom is -0.496 e. The number of benzene rings is 2. The second-order valence-electron chi connectivity index (χ2n) is 5.89. The van der Waals surface area contributed by atoms with Crippen molar-refractivity contribution in [1.82, 2.24) is 10.3 Å². The van der Waals surface area contributed by atoms with Gasteiger partial charge in [-0.2, -0.15) is 0 Å². The molecule has 1 heterocycles. The van der Waals surface area contributed by atoms with Gasteiger partial charge in [-0.1, -0.05) is 24.3 Å². The van der Waals surface area contributed by atoms with Gasteiger partial charge in [0.05, 0.1) is 23.9 Å². The molecule has 1 amide bonds. The van der Waals surface area contributed by atoms with E-state index in [1.807, 2.05) is 38.1 Å². The Hall–Kier alpha value is -2.99. The number of aromatic nitrogens is 1. The molecule has 2 aromatic carbocycles. The fourth-order valence-corrected chi connectivity index (χ4v) is 3.04. The lowest BCUT2D eigenvalue weighted by molar-refractivity contribution is 0.0975. The summed E-state index contributed by atoms with van der Waals surface area (Å²) in [6.45, 7) is 3.99. The predicted molar refractivity (Wildman–Crippen MR) is 108 cm³/mol. The van der Waals surface area contributed by atoms with Crippen molar-refractivity contribution >= 4 is 39.8 Å². The average Bonchev–Trinajstić information content (AvgIpc) is 2.62. The van der Waals surface area contributed by atoms with Gasteiger partial charge in [0, 0.05) is 11.1 Å². The number of amides is 1. The van der Waals surface area contributed by atoms with Crippen LogP contribution in [0.3, 0.4) is 0 Å². The molecule has 0 unspecified atom stereocenters. The molecule has 0 saturated carbocycles. The Morgan fingerprint density at radius 2 is 1.88 bits per heavy atom. The third kappa shape index (κ3) is 3.65. The standard InChI is InChI=1S/C20H19N3O2S/c1-12-11-13(2)21-18-14(12)8-6-9-16(18)22-20(26)23-19(24)15-7-4-5-10-17(15)25-3/h4-11H,1-3H3,(H2,22,23,24,26). The summed E-state index contributed by atoms with van der Waals surface area (Å²) in [4.78, 5) is 17.1. The lowest BCUT2D eigenvalue weighted by Gasteiger charge is -2.13. The minimum atomic E-state index is -0.333. The number of pyridine rings is 1. The number of carbonyl (C=O) groups is 1. The third-order valence-electron chi connectivity index (χ3n) is 4.00. The minimum absolute atomic E-state index is 0.203. The highest BCUT2D eigenvalue weighted by atomic mass is 32.1. The zero-order chi connectivity index (χ0) is 18.7. The number of fused-ring (bicyclic) bond motifs is 1. The fourth-order valence-electron chi connectivity index (χ4n) is 2.84. The van der Waals surface area contributed by atoms with Gasteiger partial charge in [0.2, 0.25) is 0 Å². The van der Waals surface area contributed by atoms with Gasteiger partial charge >= 0.3 is 0 Å². The Kier molecular flexibility index (Phi) is 5.14. The molecule has 0 saturated heterocycles. The predicted octanol–water partition coefficient (Wildman–Crippen LogP) is 3.99. The van der Waals surface area contributed by atoms with E-state index in [-0.39, 0.29) is 11.0 Å². The molecule has 3 rings (SSSR count). The number of anilines is 1. The molecule has 0 aliphatic rings. The maximum atomic E-state index is 12.5. The van der Waals surface area contributed by atoms with Crippen LogP contribution < -0.4 is 15.4 Å². The Bertz CT molecular complexity index is 1000. The van der Waals surface area contributed by atoms with Crippen LogP contribution in [0.4, 0.5) is 5.69 Å².